The van der Waals surface area contributed by atoms with Crippen LogP contribution in [-0.4, -0.2) is 19.6 Å². The van der Waals surface area contributed by atoms with Crippen LogP contribution in [0.25, 0.3) is 11.2 Å². The molecule has 17 heavy (non-hydrogen) atoms. The van der Waals surface area contributed by atoms with E-state index in [1.807, 2.05) is 12.1 Å². The van der Waals surface area contributed by atoms with Gasteiger partial charge in [-0.15, -0.1) is 0 Å². The lowest BCUT2D eigenvalue weighted by atomic mass is 10.2. The summed E-state index contributed by atoms with van der Waals surface area (Å²) in [7, 11) is 0. The summed E-state index contributed by atoms with van der Waals surface area (Å²) < 4.78 is 7.34. The van der Waals surface area contributed by atoms with E-state index in [1.165, 1.54) is 11.0 Å². The van der Waals surface area contributed by atoms with E-state index in [4.69, 9.17) is 10.3 Å². The van der Waals surface area contributed by atoms with E-state index in [-0.39, 0.29) is 0 Å². The van der Waals surface area contributed by atoms with Gasteiger partial charge < -0.3 is 10.3 Å². The molecule has 0 spiro atoms. The molecule has 3 rings (SSSR count). The average Bonchev–Trinajstić information content (AvgIpc) is 2.90. The second-order valence-electron chi connectivity index (χ2n) is 3.52. The van der Waals surface area contributed by atoms with Gasteiger partial charge in [0, 0.05) is 22.6 Å². The molecule has 0 atom stereocenters. The first-order valence-corrected chi connectivity index (χ1v) is 5.99. The highest BCUT2D eigenvalue weighted by atomic mass is 127. The van der Waals surface area contributed by atoms with Crippen LogP contribution in [0.1, 0.15) is 11.5 Å². The van der Waals surface area contributed by atoms with E-state index in [1.54, 1.807) is 6.26 Å². The molecule has 0 saturated heterocycles. The van der Waals surface area contributed by atoms with Crippen molar-refractivity contribution in [3.05, 3.63) is 40.0 Å². The summed E-state index contributed by atoms with van der Waals surface area (Å²) in [4.78, 5) is 12.8. The summed E-state index contributed by atoms with van der Waals surface area (Å²) in [6.07, 6.45) is 3.75. The minimum absolute atomic E-state index is 0.582. The van der Waals surface area contributed by atoms with Crippen LogP contribution in [0, 0.1) is 3.83 Å². The number of imidazole rings is 1. The molecule has 0 unspecified atom stereocenters. The Morgan fingerprint density at radius 1 is 1.41 bits per heavy atom. The van der Waals surface area contributed by atoms with Gasteiger partial charge in [-0.2, -0.15) is 0 Å². The summed E-state index contributed by atoms with van der Waals surface area (Å²) in [5.41, 5.74) is 2.16. The number of furan rings is 1. The van der Waals surface area contributed by atoms with Crippen LogP contribution in [0.4, 0.5) is 0 Å². The summed E-state index contributed by atoms with van der Waals surface area (Å²) in [5.74, 6) is 6.56. The molecule has 0 fully saturated rings. The lowest BCUT2D eigenvalue weighted by Crippen LogP contribution is -2.08. The Labute approximate surface area is 110 Å². The number of hydrogen-bond donors (Lipinski definition) is 1. The van der Waals surface area contributed by atoms with Crippen LogP contribution in [-0.2, 0) is 6.42 Å². The SMILES string of the molecule is Nn1cnc2c(Cc3ccco3)nc(I)nc21. The lowest BCUT2D eigenvalue weighted by Gasteiger charge is -2.01. The Morgan fingerprint density at radius 3 is 3.06 bits per heavy atom. The van der Waals surface area contributed by atoms with E-state index >= 15 is 0 Å². The fourth-order valence-corrected chi connectivity index (χ4v) is 2.17. The number of nitrogen functional groups attached to an aromatic ring is 1. The maximum Gasteiger partial charge on any atom is 0.193 e. The number of hydrogen-bond acceptors (Lipinski definition) is 5. The fourth-order valence-electron chi connectivity index (χ4n) is 1.65. The first-order chi connectivity index (χ1) is 8.24. The van der Waals surface area contributed by atoms with Gasteiger partial charge in [-0.1, -0.05) is 0 Å². The lowest BCUT2D eigenvalue weighted by molar-refractivity contribution is 0.519. The summed E-state index contributed by atoms with van der Waals surface area (Å²) >= 11 is 2.06. The molecule has 0 aromatic carbocycles. The zero-order valence-corrected chi connectivity index (χ0v) is 10.8. The minimum Gasteiger partial charge on any atom is -0.469 e. The molecule has 6 nitrogen and oxygen atoms in total. The van der Waals surface area contributed by atoms with E-state index in [9.17, 15) is 0 Å². The minimum atomic E-state index is 0.582. The van der Waals surface area contributed by atoms with Crippen molar-refractivity contribution in [2.45, 2.75) is 6.42 Å². The second kappa shape index (κ2) is 3.99. The smallest absolute Gasteiger partial charge is 0.193 e. The normalized spacial score (nSPS) is 11.1. The molecule has 3 aromatic heterocycles. The molecule has 2 N–H and O–H groups in total. The van der Waals surface area contributed by atoms with Gasteiger partial charge in [0.15, 0.2) is 9.48 Å². The van der Waals surface area contributed by atoms with Gasteiger partial charge in [0.25, 0.3) is 0 Å². The van der Waals surface area contributed by atoms with Crippen LogP contribution in [0.15, 0.2) is 29.1 Å². The second-order valence-corrected chi connectivity index (χ2v) is 4.48. The molecular formula is C10H8IN5O. The zero-order valence-electron chi connectivity index (χ0n) is 8.67. The Kier molecular flexibility index (Phi) is 2.46. The van der Waals surface area contributed by atoms with Gasteiger partial charge in [0.2, 0.25) is 0 Å². The third-order valence-electron chi connectivity index (χ3n) is 2.39. The number of rotatable bonds is 2. The highest BCUT2D eigenvalue weighted by Gasteiger charge is 2.12. The van der Waals surface area contributed by atoms with Crippen molar-refractivity contribution in [2.75, 3.05) is 5.84 Å². The van der Waals surface area contributed by atoms with Crippen LogP contribution >= 0.6 is 22.6 Å². The van der Waals surface area contributed by atoms with Crippen LogP contribution in [0.2, 0.25) is 0 Å². The number of fused-ring (bicyclic) bond motifs is 1. The molecule has 0 aliphatic rings. The first kappa shape index (κ1) is 10.5. The average molecular weight is 341 g/mol. The highest BCUT2D eigenvalue weighted by Crippen LogP contribution is 2.17. The molecule has 3 heterocycles. The molecule has 86 valence electrons. The number of nitrogens with zero attached hydrogens (tertiary/aromatic N) is 4. The molecular weight excluding hydrogens is 333 g/mol. The van der Waals surface area contributed by atoms with Crippen molar-refractivity contribution < 1.29 is 4.42 Å². The van der Waals surface area contributed by atoms with Crippen molar-refractivity contribution in [1.82, 2.24) is 19.6 Å². The maximum absolute atomic E-state index is 5.72. The maximum atomic E-state index is 5.72. The fraction of sp³-hybridized carbons (Fsp3) is 0.100. The molecule has 0 aliphatic heterocycles. The van der Waals surface area contributed by atoms with Gasteiger partial charge in [-0.25, -0.2) is 19.6 Å². The van der Waals surface area contributed by atoms with Crippen molar-refractivity contribution in [3.8, 4) is 0 Å². The molecule has 3 aromatic rings. The topological polar surface area (TPSA) is 82.8 Å². The van der Waals surface area contributed by atoms with Gasteiger partial charge in [0.1, 0.15) is 17.6 Å². The zero-order chi connectivity index (χ0) is 11.8. The predicted molar refractivity (Wildman–Crippen MR) is 69.7 cm³/mol. The van der Waals surface area contributed by atoms with Gasteiger partial charge in [-0.05, 0) is 12.1 Å². The van der Waals surface area contributed by atoms with Crippen molar-refractivity contribution in [2.24, 2.45) is 0 Å². The predicted octanol–water partition coefficient (Wildman–Crippen LogP) is 1.33. The van der Waals surface area contributed by atoms with Gasteiger partial charge in [0.05, 0.1) is 18.4 Å². The number of nitrogens with two attached hydrogens (primary N) is 1. The third kappa shape index (κ3) is 1.86. The first-order valence-electron chi connectivity index (χ1n) is 4.91. The summed E-state index contributed by atoms with van der Waals surface area (Å²) in [5, 5.41) is 0. The van der Waals surface area contributed by atoms with Crippen molar-refractivity contribution in [3.63, 3.8) is 0 Å². The Hall–Kier alpha value is -1.64. The molecule has 0 aliphatic carbocycles. The molecule has 7 heteroatoms. The highest BCUT2D eigenvalue weighted by molar-refractivity contribution is 14.1. The molecule has 0 saturated carbocycles. The largest absolute Gasteiger partial charge is 0.469 e. The van der Waals surface area contributed by atoms with E-state index in [2.05, 4.69) is 37.5 Å². The van der Waals surface area contributed by atoms with Gasteiger partial charge >= 0.3 is 0 Å². The molecule has 0 radical (unpaired) electrons. The molecule has 0 bridgehead atoms. The Morgan fingerprint density at radius 2 is 2.29 bits per heavy atom. The number of aromatic nitrogens is 4. The van der Waals surface area contributed by atoms with Crippen LogP contribution in [0.5, 0.6) is 0 Å². The summed E-state index contributed by atoms with van der Waals surface area (Å²) in [6.45, 7) is 0. The van der Waals surface area contributed by atoms with Crippen LogP contribution < -0.4 is 5.84 Å². The Balaban J connectivity index is 2.15. The van der Waals surface area contributed by atoms with E-state index in [0.717, 1.165) is 11.5 Å². The van der Waals surface area contributed by atoms with Crippen molar-refractivity contribution >= 4 is 33.8 Å². The van der Waals surface area contributed by atoms with E-state index in [0.29, 0.717) is 21.4 Å². The molecule has 0 amide bonds. The number of halogens is 1. The quantitative estimate of drug-likeness (QED) is 0.432. The van der Waals surface area contributed by atoms with Crippen LogP contribution in [0.3, 0.4) is 0 Å². The standard InChI is InChI=1S/C10H8IN5O/c11-10-14-7(4-6-2-1-3-17-6)8-9(15-10)16(12)5-13-8/h1-3,5H,4,12H2. The van der Waals surface area contributed by atoms with E-state index < -0.39 is 0 Å². The Bertz CT molecular complexity index is 661. The van der Waals surface area contributed by atoms with Gasteiger partial charge in [-0.3, -0.25) is 0 Å². The van der Waals surface area contributed by atoms with Crippen molar-refractivity contribution in [1.29, 1.82) is 0 Å². The third-order valence-corrected chi connectivity index (χ3v) is 2.87. The monoisotopic (exact) mass is 341 g/mol. The summed E-state index contributed by atoms with van der Waals surface area (Å²) in [6, 6.07) is 3.75.